The molecule has 0 aliphatic carbocycles. The van der Waals surface area contributed by atoms with E-state index in [4.69, 9.17) is 4.42 Å². The number of benzene rings is 1. The maximum absolute atomic E-state index is 12.5. The molecule has 6 nitrogen and oxygen atoms in total. The summed E-state index contributed by atoms with van der Waals surface area (Å²) in [5.41, 5.74) is 3.09. The van der Waals surface area contributed by atoms with Gasteiger partial charge in [0.25, 0.3) is 5.91 Å². The monoisotopic (exact) mass is 418 g/mol. The molecule has 2 aromatic heterocycles. The molecule has 0 aliphatic rings. The van der Waals surface area contributed by atoms with Crippen LogP contribution in [0.1, 0.15) is 45.4 Å². The Bertz CT molecular complexity index is 1100. The Hall–Kier alpha value is -2.45. The Morgan fingerprint density at radius 1 is 1.18 bits per heavy atom. The lowest BCUT2D eigenvalue weighted by molar-refractivity contribution is 0.0911. The first-order valence-corrected chi connectivity index (χ1v) is 11.6. The Morgan fingerprint density at radius 2 is 1.86 bits per heavy atom. The van der Waals surface area contributed by atoms with Gasteiger partial charge in [0.05, 0.1) is 16.6 Å². The predicted octanol–water partition coefficient (Wildman–Crippen LogP) is 4.06. The largest absolute Gasteiger partial charge is 0.455 e. The zero-order valence-corrected chi connectivity index (χ0v) is 17.8. The van der Waals surface area contributed by atoms with Crippen molar-refractivity contribution in [2.24, 2.45) is 0 Å². The summed E-state index contributed by atoms with van der Waals surface area (Å²) in [6, 6.07) is 10.9. The van der Waals surface area contributed by atoms with Gasteiger partial charge in [0.1, 0.15) is 16.5 Å². The lowest BCUT2D eigenvalue weighted by Crippen LogP contribution is -2.26. The average Bonchev–Trinajstić information content (AvgIpc) is 3.20. The number of furan rings is 1. The highest BCUT2D eigenvalue weighted by molar-refractivity contribution is 7.89. The van der Waals surface area contributed by atoms with Crippen LogP contribution in [0.25, 0.3) is 10.6 Å². The van der Waals surface area contributed by atoms with Crippen molar-refractivity contribution in [1.82, 2.24) is 10.3 Å². The van der Waals surface area contributed by atoms with E-state index >= 15 is 0 Å². The lowest BCUT2D eigenvalue weighted by Gasteiger charge is -2.11. The number of amides is 1. The Kier molecular flexibility index (Phi) is 5.71. The van der Waals surface area contributed by atoms with Crippen molar-refractivity contribution >= 4 is 27.1 Å². The normalized spacial score (nSPS) is 12.7. The summed E-state index contributed by atoms with van der Waals surface area (Å²) in [5, 5.41) is 3.80. The fraction of sp³-hybridized carbons (Fsp3) is 0.300. The topological polar surface area (TPSA) is 89.3 Å². The van der Waals surface area contributed by atoms with Crippen LogP contribution in [-0.2, 0) is 15.6 Å². The van der Waals surface area contributed by atoms with E-state index in [0.717, 1.165) is 27.4 Å². The second kappa shape index (κ2) is 7.89. The number of aromatic nitrogens is 1. The second-order valence-corrected chi connectivity index (χ2v) is 10.0. The highest BCUT2D eigenvalue weighted by atomic mass is 32.2. The minimum Gasteiger partial charge on any atom is -0.455 e. The van der Waals surface area contributed by atoms with Crippen molar-refractivity contribution in [1.29, 1.82) is 0 Å². The molecule has 0 aliphatic heterocycles. The minimum atomic E-state index is -3.22. The van der Waals surface area contributed by atoms with Crippen molar-refractivity contribution in [2.75, 3.05) is 6.26 Å². The number of nitrogens with one attached hydrogen (secondary N) is 1. The van der Waals surface area contributed by atoms with Crippen molar-refractivity contribution in [3.63, 3.8) is 0 Å². The lowest BCUT2D eigenvalue weighted by atomic mass is 10.2. The summed E-state index contributed by atoms with van der Waals surface area (Å²) >= 11 is 1.54. The van der Waals surface area contributed by atoms with Gasteiger partial charge in [-0.2, -0.15) is 0 Å². The molecule has 0 radical (unpaired) electrons. The van der Waals surface area contributed by atoms with Crippen molar-refractivity contribution < 1.29 is 17.6 Å². The van der Waals surface area contributed by atoms with Crippen LogP contribution in [0.4, 0.5) is 0 Å². The first-order valence-electron chi connectivity index (χ1n) is 8.74. The van der Waals surface area contributed by atoms with Gasteiger partial charge < -0.3 is 9.73 Å². The Morgan fingerprint density at radius 3 is 2.50 bits per heavy atom. The molecule has 0 saturated heterocycles. The van der Waals surface area contributed by atoms with Crippen LogP contribution in [0.3, 0.4) is 0 Å². The van der Waals surface area contributed by atoms with Gasteiger partial charge in [0, 0.05) is 11.8 Å². The van der Waals surface area contributed by atoms with Crippen LogP contribution in [0.2, 0.25) is 0 Å². The molecule has 1 aromatic carbocycles. The van der Waals surface area contributed by atoms with Crippen LogP contribution >= 0.6 is 11.3 Å². The highest BCUT2D eigenvalue weighted by Crippen LogP contribution is 2.32. The maximum atomic E-state index is 12.5. The van der Waals surface area contributed by atoms with E-state index in [1.807, 2.05) is 45.0 Å². The molecule has 0 spiro atoms. The molecule has 8 heteroatoms. The van der Waals surface area contributed by atoms with Gasteiger partial charge >= 0.3 is 0 Å². The number of rotatable bonds is 6. The van der Waals surface area contributed by atoms with Gasteiger partial charge in [0.2, 0.25) is 0 Å². The summed E-state index contributed by atoms with van der Waals surface area (Å²) in [6.45, 7) is 5.84. The summed E-state index contributed by atoms with van der Waals surface area (Å²) in [6.07, 6.45) is 1.12. The Labute approximate surface area is 168 Å². The molecule has 3 aromatic rings. The third-order valence-corrected chi connectivity index (χ3v) is 6.36. The average molecular weight is 419 g/mol. The quantitative estimate of drug-likeness (QED) is 0.652. The molecule has 0 saturated carbocycles. The number of hydrogen-bond donors (Lipinski definition) is 1. The minimum absolute atomic E-state index is 0.0893. The number of carbonyl (C=O) groups excluding carboxylic acids is 1. The molecule has 148 valence electrons. The molecule has 28 heavy (non-hydrogen) atoms. The predicted molar refractivity (Wildman–Crippen MR) is 110 cm³/mol. The zero-order chi connectivity index (χ0) is 20.5. The van der Waals surface area contributed by atoms with Gasteiger partial charge in [-0.15, -0.1) is 11.3 Å². The van der Waals surface area contributed by atoms with Gasteiger partial charge in [-0.05, 0) is 32.9 Å². The van der Waals surface area contributed by atoms with Crippen molar-refractivity contribution in [2.45, 2.75) is 32.6 Å². The number of sulfone groups is 1. The zero-order valence-electron chi connectivity index (χ0n) is 16.1. The molecule has 0 bridgehead atoms. The van der Waals surface area contributed by atoms with Crippen molar-refractivity contribution in [3.05, 3.63) is 64.1 Å². The van der Waals surface area contributed by atoms with E-state index in [9.17, 15) is 13.2 Å². The van der Waals surface area contributed by atoms with E-state index in [1.54, 1.807) is 11.3 Å². The van der Waals surface area contributed by atoms with Crippen LogP contribution in [0, 0.1) is 13.8 Å². The third-order valence-electron chi connectivity index (χ3n) is 4.16. The van der Waals surface area contributed by atoms with Crippen LogP contribution in [0.15, 0.2) is 40.8 Å². The number of nitrogens with zero attached hydrogens (tertiary/aromatic N) is 1. The fourth-order valence-electron chi connectivity index (χ4n) is 2.80. The van der Waals surface area contributed by atoms with E-state index in [1.165, 1.54) is 17.7 Å². The Balaban J connectivity index is 1.73. The molecular weight excluding hydrogens is 396 g/mol. The van der Waals surface area contributed by atoms with Crippen LogP contribution < -0.4 is 5.32 Å². The molecule has 3 rings (SSSR count). The summed E-state index contributed by atoms with van der Waals surface area (Å²) in [7, 11) is -3.22. The number of aryl methyl sites for hydroxylation is 2. The molecule has 1 unspecified atom stereocenters. The highest BCUT2D eigenvalue weighted by Gasteiger charge is 2.20. The summed E-state index contributed by atoms with van der Waals surface area (Å²) < 4.78 is 28.1. The standard InChI is InChI=1S/C20H22N2O4S2/c1-12-5-7-15(8-6-12)20-22-14(3)18(27-20)13(2)21-19(23)17-10-9-16(26-17)11-28(4,24)25/h5-10,13H,11H2,1-4H3,(H,21,23). The second-order valence-electron chi connectivity index (χ2n) is 6.87. The molecule has 1 amide bonds. The van der Waals surface area contributed by atoms with Crippen LogP contribution in [-0.4, -0.2) is 25.6 Å². The number of thiazole rings is 1. The van der Waals surface area contributed by atoms with Gasteiger partial charge in [-0.3, -0.25) is 4.79 Å². The SMILES string of the molecule is Cc1ccc(-c2nc(C)c(C(C)NC(=O)c3ccc(CS(C)(=O)=O)o3)s2)cc1. The molecular formula is C20H22N2O4S2. The van der Waals surface area contributed by atoms with Crippen LogP contribution in [0.5, 0.6) is 0 Å². The third kappa shape index (κ3) is 4.88. The summed E-state index contributed by atoms with van der Waals surface area (Å²) in [5.74, 6) is -0.289. The first-order chi connectivity index (χ1) is 13.1. The van der Waals surface area contributed by atoms with E-state index < -0.39 is 15.7 Å². The summed E-state index contributed by atoms with van der Waals surface area (Å²) in [4.78, 5) is 18.1. The number of hydrogen-bond acceptors (Lipinski definition) is 6. The van der Waals surface area contributed by atoms with Gasteiger partial charge in [0.15, 0.2) is 15.6 Å². The number of carbonyl (C=O) groups is 1. The molecule has 1 N–H and O–H groups in total. The van der Waals surface area contributed by atoms with Gasteiger partial charge in [-0.25, -0.2) is 13.4 Å². The van der Waals surface area contributed by atoms with Gasteiger partial charge in [-0.1, -0.05) is 29.8 Å². The molecule has 2 heterocycles. The van der Waals surface area contributed by atoms with E-state index in [0.29, 0.717) is 0 Å². The first kappa shape index (κ1) is 20.3. The molecule has 1 atom stereocenters. The maximum Gasteiger partial charge on any atom is 0.287 e. The van der Waals surface area contributed by atoms with E-state index in [2.05, 4.69) is 10.3 Å². The van der Waals surface area contributed by atoms with Crippen molar-refractivity contribution in [3.8, 4) is 10.6 Å². The fourth-order valence-corrected chi connectivity index (χ4v) is 4.54. The molecule has 0 fully saturated rings. The smallest absolute Gasteiger partial charge is 0.287 e. The van der Waals surface area contributed by atoms with E-state index in [-0.39, 0.29) is 23.3 Å².